The zero-order chi connectivity index (χ0) is 21.7. The van der Waals surface area contributed by atoms with E-state index in [0.29, 0.717) is 31.9 Å². The number of sulfonamides is 1. The first-order valence-electron chi connectivity index (χ1n) is 8.99. The molecule has 0 bridgehead atoms. The molecule has 0 atom stereocenters. The predicted octanol–water partition coefficient (Wildman–Crippen LogP) is 3.36. The summed E-state index contributed by atoms with van der Waals surface area (Å²) in [6, 6.07) is 9.39. The van der Waals surface area contributed by atoms with E-state index in [-0.39, 0.29) is 38.9 Å². The second-order valence-corrected chi connectivity index (χ2v) is 9.51. The lowest BCUT2D eigenvalue weighted by Crippen LogP contribution is -2.41. The monoisotopic (exact) mass is 492 g/mol. The second kappa shape index (κ2) is 10.2. The molecule has 0 spiro atoms. The number of carbonyl (C=O) groups is 1. The van der Waals surface area contributed by atoms with Gasteiger partial charge in [0.05, 0.1) is 33.2 Å². The minimum absolute atomic E-state index is 0.0248. The Morgan fingerprint density at radius 3 is 2.47 bits per heavy atom. The molecule has 1 N–H and O–H groups in total. The van der Waals surface area contributed by atoms with Crippen molar-refractivity contribution in [2.24, 2.45) is 0 Å². The summed E-state index contributed by atoms with van der Waals surface area (Å²) in [5.74, 6) is -0.229. The van der Waals surface area contributed by atoms with Gasteiger partial charge in [0.15, 0.2) is 6.61 Å². The maximum absolute atomic E-state index is 13.0. The van der Waals surface area contributed by atoms with Gasteiger partial charge < -0.3 is 14.8 Å². The highest BCUT2D eigenvalue weighted by molar-refractivity contribution is 7.89. The van der Waals surface area contributed by atoms with Gasteiger partial charge in [-0.05, 0) is 17.7 Å². The Labute approximate surface area is 189 Å². The van der Waals surface area contributed by atoms with Crippen LogP contribution in [0.3, 0.4) is 0 Å². The molecule has 0 aromatic heterocycles. The summed E-state index contributed by atoms with van der Waals surface area (Å²) in [4.78, 5) is 12.4. The second-order valence-electron chi connectivity index (χ2n) is 6.39. The van der Waals surface area contributed by atoms with E-state index in [1.807, 2.05) is 0 Å². The molecule has 0 radical (unpaired) electrons. The maximum Gasteiger partial charge on any atom is 0.258 e. The fourth-order valence-electron chi connectivity index (χ4n) is 2.83. The minimum atomic E-state index is -3.68. The van der Waals surface area contributed by atoms with Crippen LogP contribution in [-0.2, 0) is 26.1 Å². The standard InChI is InChI=1S/C19H19Cl3N2O5S/c20-14-9-16(22)17(10-15(14)21)29-12-19(25)23-11-13-3-1-2-4-18(13)30(26,27)24-5-7-28-8-6-24/h1-4,9-10H,5-8,11-12H2,(H,23,25). The van der Waals surface area contributed by atoms with Crippen LogP contribution < -0.4 is 10.1 Å². The molecule has 7 nitrogen and oxygen atoms in total. The Balaban J connectivity index is 1.63. The molecule has 1 fully saturated rings. The van der Waals surface area contributed by atoms with Crippen molar-refractivity contribution in [3.63, 3.8) is 0 Å². The first-order chi connectivity index (χ1) is 14.3. The summed E-state index contributed by atoms with van der Waals surface area (Å²) in [5, 5.41) is 3.40. The number of rotatable bonds is 7. The lowest BCUT2D eigenvalue weighted by atomic mass is 10.2. The predicted molar refractivity (Wildman–Crippen MR) is 115 cm³/mol. The number of carbonyl (C=O) groups excluding carboxylic acids is 1. The van der Waals surface area contributed by atoms with Gasteiger partial charge in [0.1, 0.15) is 5.75 Å². The lowest BCUT2D eigenvalue weighted by Gasteiger charge is -2.27. The molecule has 1 aliphatic heterocycles. The average molecular weight is 494 g/mol. The van der Waals surface area contributed by atoms with Crippen LogP contribution in [0.2, 0.25) is 15.1 Å². The molecule has 1 amide bonds. The van der Waals surface area contributed by atoms with E-state index in [2.05, 4.69) is 5.32 Å². The number of hydrogen-bond acceptors (Lipinski definition) is 5. The van der Waals surface area contributed by atoms with E-state index >= 15 is 0 Å². The zero-order valence-corrected chi connectivity index (χ0v) is 18.8. The third-order valence-electron chi connectivity index (χ3n) is 4.37. The Kier molecular flexibility index (Phi) is 7.84. The third kappa shape index (κ3) is 5.57. The van der Waals surface area contributed by atoms with Crippen molar-refractivity contribution in [3.05, 3.63) is 57.0 Å². The lowest BCUT2D eigenvalue weighted by molar-refractivity contribution is -0.123. The van der Waals surface area contributed by atoms with Crippen LogP contribution in [0, 0.1) is 0 Å². The summed E-state index contributed by atoms with van der Waals surface area (Å²) in [7, 11) is -3.68. The molecule has 3 rings (SSSR count). The highest BCUT2D eigenvalue weighted by Crippen LogP contribution is 2.33. The maximum atomic E-state index is 13.0. The highest BCUT2D eigenvalue weighted by atomic mass is 35.5. The summed E-state index contributed by atoms with van der Waals surface area (Å²) < 4.78 is 37.9. The Morgan fingerprint density at radius 1 is 1.07 bits per heavy atom. The van der Waals surface area contributed by atoms with Crippen LogP contribution in [0.1, 0.15) is 5.56 Å². The molecule has 30 heavy (non-hydrogen) atoms. The zero-order valence-electron chi connectivity index (χ0n) is 15.7. The molecule has 1 heterocycles. The largest absolute Gasteiger partial charge is 0.482 e. The molecular formula is C19H19Cl3N2O5S. The van der Waals surface area contributed by atoms with Crippen LogP contribution >= 0.6 is 34.8 Å². The van der Waals surface area contributed by atoms with E-state index in [0.717, 1.165) is 0 Å². The van der Waals surface area contributed by atoms with E-state index < -0.39 is 15.9 Å². The number of nitrogens with one attached hydrogen (secondary N) is 1. The number of benzene rings is 2. The summed E-state index contributed by atoms with van der Waals surface area (Å²) in [6.07, 6.45) is 0. The SMILES string of the molecule is O=C(COc1cc(Cl)c(Cl)cc1Cl)NCc1ccccc1S(=O)(=O)N1CCOCC1. The van der Waals surface area contributed by atoms with E-state index in [4.69, 9.17) is 44.3 Å². The molecule has 11 heteroatoms. The Bertz CT molecular complexity index is 1030. The fourth-order valence-corrected chi connectivity index (χ4v) is 5.05. The minimum Gasteiger partial charge on any atom is -0.482 e. The normalized spacial score (nSPS) is 15.0. The molecular weight excluding hydrogens is 475 g/mol. The van der Waals surface area contributed by atoms with Crippen molar-refractivity contribution in [1.29, 1.82) is 0 Å². The van der Waals surface area contributed by atoms with Crippen molar-refractivity contribution in [2.75, 3.05) is 32.9 Å². The molecule has 1 aliphatic rings. The summed E-state index contributed by atoms with van der Waals surface area (Å²) in [6.45, 7) is 0.995. The number of hydrogen-bond donors (Lipinski definition) is 1. The van der Waals surface area contributed by atoms with Crippen molar-refractivity contribution >= 4 is 50.7 Å². The van der Waals surface area contributed by atoms with Crippen LogP contribution in [0.5, 0.6) is 5.75 Å². The first-order valence-corrected chi connectivity index (χ1v) is 11.6. The van der Waals surface area contributed by atoms with Gasteiger partial charge in [-0.2, -0.15) is 4.31 Å². The third-order valence-corrected chi connectivity index (χ3v) is 7.39. The van der Waals surface area contributed by atoms with Gasteiger partial charge in [-0.3, -0.25) is 4.79 Å². The fraction of sp³-hybridized carbons (Fsp3) is 0.316. The molecule has 1 saturated heterocycles. The van der Waals surface area contributed by atoms with Gasteiger partial charge in [-0.15, -0.1) is 0 Å². The van der Waals surface area contributed by atoms with Gasteiger partial charge in [0.25, 0.3) is 5.91 Å². The van der Waals surface area contributed by atoms with E-state index in [9.17, 15) is 13.2 Å². The number of nitrogens with zero attached hydrogens (tertiary/aromatic N) is 1. The van der Waals surface area contributed by atoms with Crippen LogP contribution in [0.15, 0.2) is 41.3 Å². The topological polar surface area (TPSA) is 84.9 Å². The number of morpholine rings is 1. The smallest absolute Gasteiger partial charge is 0.258 e. The number of ether oxygens (including phenoxy) is 2. The molecule has 0 saturated carbocycles. The van der Waals surface area contributed by atoms with Crippen LogP contribution in [0.4, 0.5) is 0 Å². The Morgan fingerprint density at radius 2 is 1.73 bits per heavy atom. The average Bonchev–Trinajstić information content (AvgIpc) is 2.74. The Hall–Kier alpha value is -1.55. The highest BCUT2D eigenvalue weighted by Gasteiger charge is 2.28. The molecule has 2 aromatic carbocycles. The molecule has 2 aromatic rings. The van der Waals surface area contributed by atoms with Gasteiger partial charge in [0, 0.05) is 25.7 Å². The van der Waals surface area contributed by atoms with Gasteiger partial charge in [-0.25, -0.2) is 8.42 Å². The van der Waals surface area contributed by atoms with Gasteiger partial charge in [0.2, 0.25) is 10.0 Å². The van der Waals surface area contributed by atoms with Crippen LogP contribution in [0.25, 0.3) is 0 Å². The van der Waals surface area contributed by atoms with Gasteiger partial charge >= 0.3 is 0 Å². The number of amides is 1. The molecule has 0 aliphatic carbocycles. The number of halogens is 3. The van der Waals surface area contributed by atoms with E-state index in [1.165, 1.54) is 22.5 Å². The van der Waals surface area contributed by atoms with E-state index in [1.54, 1.807) is 18.2 Å². The van der Waals surface area contributed by atoms with Crippen molar-refractivity contribution < 1.29 is 22.7 Å². The van der Waals surface area contributed by atoms with Crippen molar-refractivity contribution in [2.45, 2.75) is 11.4 Å². The summed E-state index contributed by atoms with van der Waals surface area (Å²) in [5.41, 5.74) is 0.477. The molecule has 162 valence electrons. The quantitative estimate of drug-likeness (QED) is 0.598. The van der Waals surface area contributed by atoms with Crippen molar-refractivity contribution in [1.82, 2.24) is 9.62 Å². The molecule has 0 unspecified atom stereocenters. The van der Waals surface area contributed by atoms with Crippen molar-refractivity contribution in [3.8, 4) is 5.75 Å². The van der Waals surface area contributed by atoms with Gasteiger partial charge in [-0.1, -0.05) is 53.0 Å². The summed E-state index contributed by atoms with van der Waals surface area (Å²) >= 11 is 17.8. The van der Waals surface area contributed by atoms with Crippen LogP contribution in [-0.4, -0.2) is 51.5 Å². The first kappa shape index (κ1) is 23.1.